The van der Waals surface area contributed by atoms with Gasteiger partial charge in [0.15, 0.2) is 0 Å². The van der Waals surface area contributed by atoms with E-state index in [1.165, 1.54) is 16.4 Å². The molecule has 3 aromatic rings. The third kappa shape index (κ3) is 1.93. The summed E-state index contributed by atoms with van der Waals surface area (Å²) in [6, 6.07) is 12.8. The molecule has 1 unspecified atom stereocenters. The molecule has 2 nitrogen and oxygen atoms in total. The van der Waals surface area contributed by atoms with Gasteiger partial charge in [-0.3, -0.25) is 0 Å². The van der Waals surface area contributed by atoms with E-state index < -0.39 is 0 Å². The quantitative estimate of drug-likeness (QED) is 0.642. The SMILES string of the molecule is CPc1cccc(-c2cn3cccc(C)c3n2)c1. The first-order valence-electron chi connectivity index (χ1n) is 6.00. The highest BCUT2D eigenvalue weighted by Crippen LogP contribution is 2.21. The first-order chi connectivity index (χ1) is 8.78. The van der Waals surface area contributed by atoms with Gasteiger partial charge in [-0.2, -0.15) is 0 Å². The molecule has 1 aromatic carbocycles. The number of aromatic nitrogens is 2. The van der Waals surface area contributed by atoms with E-state index in [-0.39, 0.29) is 0 Å². The molecule has 0 saturated carbocycles. The number of pyridine rings is 1. The predicted molar refractivity (Wildman–Crippen MR) is 79.2 cm³/mol. The second-order valence-electron chi connectivity index (χ2n) is 4.38. The molecular formula is C15H15N2P. The summed E-state index contributed by atoms with van der Waals surface area (Å²) in [6.45, 7) is 4.29. The Morgan fingerprint density at radius 1 is 1.17 bits per heavy atom. The molecular weight excluding hydrogens is 239 g/mol. The maximum atomic E-state index is 4.72. The van der Waals surface area contributed by atoms with Crippen molar-refractivity contribution in [2.24, 2.45) is 0 Å². The third-order valence-corrected chi connectivity index (χ3v) is 4.01. The van der Waals surface area contributed by atoms with Crippen molar-refractivity contribution in [1.82, 2.24) is 9.38 Å². The molecule has 18 heavy (non-hydrogen) atoms. The van der Waals surface area contributed by atoms with Crippen LogP contribution in [0.4, 0.5) is 0 Å². The summed E-state index contributed by atoms with van der Waals surface area (Å²) in [5.74, 6) is 0. The fourth-order valence-corrected chi connectivity index (χ4v) is 2.69. The maximum Gasteiger partial charge on any atom is 0.140 e. The van der Waals surface area contributed by atoms with Crippen LogP contribution in [0.15, 0.2) is 48.8 Å². The van der Waals surface area contributed by atoms with E-state index in [9.17, 15) is 0 Å². The van der Waals surface area contributed by atoms with Gasteiger partial charge in [0.2, 0.25) is 0 Å². The van der Waals surface area contributed by atoms with Crippen molar-refractivity contribution >= 4 is 19.5 Å². The summed E-state index contributed by atoms with van der Waals surface area (Å²) >= 11 is 0. The lowest BCUT2D eigenvalue weighted by molar-refractivity contribution is 1.16. The monoisotopic (exact) mass is 254 g/mol. The number of hydrogen-bond acceptors (Lipinski definition) is 1. The Morgan fingerprint density at radius 2 is 2.06 bits per heavy atom. The Bertz CT molecular complexity index is 701. The topological polar surface area (TPSA) is 17.3 Å². The molecule has 1 atom stereocenters. The van der Waals surface area contributed by atoms with Crippen LogP contribution in [0.25, 0.3) is 16.9 Å². The van der Waals surface area contributed by atoms with E-state index in [4.69, 9.17) is 4.98 Å². The fraction of sp³-hybridized carbons (Fsp3) is 0.133. The molecule has 0 aliphatic carbocycles. The molecule has 0 fully saturated rings. The zero-order valence-electron chi connectivity index (χ0n) is 10.5. The van der Waals surface area contributed by atoms with Crippen molar-refractivity contribution in [2.45, 2.75) is 6.92 Å². The molecule has 2 aromatic heterocycles. The second kappa shape index (κ2) is 4.55. The van der Waals surface area contributed by atoms with Crippen LogP contribution in [0.5, 0.6) is 0 Å². The van der Waals surface area contributed by atoms with Gasteiger partial charge in [-0.1, -0.05) is 32.8 Å². The third-order valence-electron chi connectivity index (χ3n) is 3.12. The van der Waals surface area contributed by atoms with E-state index in [1.54, 1.807) is 0 Å². The van der Waals surface area contributed by atoms with E-state index in [0.29, 0.717) is 0 Å². The predicted octanol–water partition coefficient (Wildman–Crippen LogP) is 3.24. The van der Waals surface area contributed by atoms with Gasteiger partial charge in [0.25, 0.3) is 0 Å². The van der Waals surface area contributed by atoms with Crippen LogP contribution in [0.3, 0.4) is 0 Å². The molecule has 3 heteroatoms. The zero-order chi connectivity index (χ0) is 12.5. The molecule has 0 aliphatic heterocycles. The molecule has 0 bridgehead atoms. The van der Waals surface area contributed by atoms with Gasteiger partial charge in [-0.25, -0.2) is 4.98 Å². The van der Waals surface area contributed by atoms with Crippen LogP contribution in [-0.2, 0) is 0 Å². The average molecular weight is 254 g/mol. The molecule has 0 spiro atoms. The number of fused-ring (bicyclic) bond motifs is 1. The summed E-state index contributed by atoms with van der Waals surface area (Å²) in [6.07, 6.45) is 4.14. The first-order valence-corrected chi connectivity index (χ1v) is 7.50. The lowest BCUT2D eigenvalue weighted by atomic mass is 10.2. The average Bonchev–Trinajstić information content (AvgIpc) is 2.84. The molecule has 0 amide bonds. The number of rotatable bonds is 2. The van der Waals surface area contributed by atoms with Crippen LogP contribution in [0, 0.1) is 6.92 Å². The second-order valence-corrected chi connectivity index (χ2v) is 5.46. The molecule has 90 valence electrons. The first kappa shape index (κ1) is 11.4. The Hall–Kier alpha value is -1.66. The Kier molecular flexibility index (Phi) is 2.89. The molecule has 0 saturated heterocycles. The van der Waals surface area contributed by atoms with Crippen molar-refractivity contribution in [2.75, 3.05) is 6.66 Å². The normalized spacial score (nSPS) is 11.7. The van der Waals surface area contributed by atoms with Crippen LogP contribution >= 0.6 is 8.58 Å². The van der Waals surface area contributed by atoms with Crippen LogP contribution < -0.4 is 5.30 Å². The van der Waals surface area contributed by atoms with Crippen molar-refractivity contribution in [3.05, 3.63) is 54.4 Å². The number of nitrogens with zero attached hydrogens (tertiary/aromatic N) is 2. The Balaban J connectivity index is 2.16. The van der Waals surface area contributed by atoms with Crippen molar-refractivity contribution < 1.29 is 0 Å². The van der Waals surface area contributed by atoms with E-state index in [1.807, 2.05) is 6.20 Å². The van der Waals surface area contributed by atoms with Gasteiger partial charge in [-0.15, -0.1) is 0 Å². The number of aryl methyl sites for hydroxylation is 1. The van der Waals surface area contributed by atoms with Gasteiger partial charge in [0.05, 0.1) is 5.69 Å². The van der Waals surface area contributed by atoms with Gasteiger partial charge < -0.3 is 4.40 Å². The summed E-state index contributed by atoms with van der Waals surface area (Å²) in [7, 11) is 0.823. The van der Waals surface area contributed by atoms with Crippen LogP contribution in [-0.4, -0.2) is 16.0 Å². The largest absolute Gasteiger partial charge is 0.306 e. The lowest BCUT2D eigenvalue weighted by Crippen LogP contribution is -1.92. The van der Waals surface area contributed by atoms with Gasteiger partial charge >= 0.3 is 0 Å². The fourth-order valence-electron chi connectivity index (χ4n) is 2.13. The zero-order valence-corrected chi connectivity index (χ0v) is 11.5. The summed E-state index contributed by atoms with van der Waals surface area (Å²) in [5, 5.41) is 1.38. The van der Waals surface area contributed by atoms with Crippen molar-refractivity contribution in [3.63, 3.8) is 0 Å². The molecule has 2 heterocycles. The minimum atomic E-state index is 0.823. The van der Waals surface area contributed by atoms with Gasteiger partial charge in [0.1, 0.15) is 5.65 Å². The number of hydrogen-bond donors (Lipinski definition) is 0. The highest BCUT2D eigenvalue weighted by Gasteiger charge is 2.06. The summed E-state index contributed by atoms with van der Waals surface area (Å²) in [5.41, 5.74) is 4.49. The van der Waals surface area contributed by atoms with E-state index in [2.05, 4.69) is 60.6 Å². The summed E-state index contributed by atoms with van der Waals surface area (Å²) < 4.78 is 2.09. The van der Waals surface area contributed by atoms with Crippen LogP contribution in [0.2, 0.25) is 0 Å². The standard InChI is InChI=1S/C15H15N2P/c1-11-5-4-8-17-10-14(16-15(11)17)12-6-3-7-13(9-12)18-2/h3-10,18H,1-2H3. The highest BCUT2D eigenvalue weighted by atomic mass is 31.1. The smallest absolute Gasteiger partial charge is 0.140 e. The molecule has 3 rings (SSSR count). The molecule has 0 aliphatic rings. The molecule has 0 N–H and O–H groups in total. The maximum absolute atomic E-state index is 4.72. The Morgan fingerprint density at radius 3 is 2.83 bits per heavy atom. The van der Waals surface area contributed by atoms with Crippen molar-refractivity contribution in [1.29, 1.82) is 0 Å². The Labute approximate surface area is 108 Å². The summed E-state index contributed by atoms with van der Waals surface area (Å²) in [4.78, 5) is 4.72. The highest BCUT2D eigenvalue weighted by molar-refractivity contribution is 7.46. The van der Waals surface area contributed by atoms with Crippen molar-refractivity contribution in [3.8, 4) is 11.3 Å². The number of imidazole rings is 1. The van der Waals surface area contributed by atoms with E-state index >= 15 is 0 Å². The minimum Gasteiger partial charge on any atom is -0.306 e. The number of benzene rings is 1. The minimum absolute atomic E-state index is 0.823. The molecule has 0 radical (unpaired) electrons. The van der Waals surface area contributed by atoms with E-state index in [0.717, 1.165) is 19.9 Å². The van der Waals surface area contributed by atoms with Crippen LogP contribution in [0.1, 0.15) is 5.56 Å². The van der Waals surface area contributed by atoms with Gasteiger partial charge in [-0.05, 0) is 36.6 Å². The van der Waals surface area contributed by atoms with Gasteiger partial charge in [0, 0.05) is 18.0 Å². The lowest BCUT2D eigenvalue weighted by Gasteiger charge is -1.99.